The minimum atomic E-state index is 0.425. The second-order valence-corrected chi connectivity index (χ2v) is 6.77. The monoisotopic (exact) mass is 291 g/mol. The molecule has 0 aromatic heterocycles. The standard InChI is InChI=1S/C18H29NO2/c1-18(2)10-7-17(8-11-18)21-14-13-20-16-5-3-15(4-6-16)9-12-19/h3-6,17H,7-14,19H2,1-2H3. The summed E-state index contributed by atoms with van der Waals surface area (Å²) < 4.78 is 11.6. The number of nitrogens with two attached hydrogens (primary N) is 1. The maximum absolute atomic E-state index is 5.92. The normalized spacial score (nSPS) is 18.6. The predicted octanol–water partition coefficient (Wildman–Crippen LogP) is 3.55. The van der Waals surface area contributed by atoms with Gasteiger partial charge < -0.3 is 15.2 Å². The van der Waals surface area contributed by atoms with Crippen LogP contribution in [0.3, 0.4) is 0 Å². The zero-order valence-electron chi connectivity index (χ0n) is 13.4. The summed E-state index contributed by atoms with van der Waals surface area (Å²) in [7, 11) is 0. The molecule has 0 amide bonds. The summed E-state index contributed by atoms with van der Waals surface area (Å²) in [5, 5.41) is 0. The molecule has 1 saturated carbocycles. The van der Waals surface area contributed by atoms with Crippen molar-refractivity contribution in [3.8, 4) is 5.75 Å². The van der Waals surface area contributed by atoms with Crippen LogP contribution in [0.15, 0.2) is 24.3 Å². The van der Waals surface area contributed by atoms with Gasteiger partial charge in [-0.05, 0) is 61.8 Å². The van der Waals surface area contributed by atoms with E-state index in [9.17, 15) is 0 Å². The van der Waals surface area contributed by atoms with Crippen molar-refractivity contribution in [2.24, 2.45) is 11.1 Å². The molecule has 0 radical (unpaired) electrons. The lowest BCUT2D eigenvalue weighted by Crippen LogP contribution is -2.27. The molecule has 1 aromatic rings. The van der Waals surface area contributed by atoms with E-state index in [1.807, 2.05) is 12.1 Å². The molecule has 0 heterocycles. The van der Waals surface area contributed by atoms with E-state index in [2.05, 4.69) is 26.0 Å². The molecular weight excluding hydrogens is 262 g/mol. The van der Waals surface area contributed by atoms with Crippen LogP contribution in [-0.4, -0.2) is 25.9 Å². The Morgan fingerprint density at radius 3 is 2.38 bits per heavy atom. The lowest BCUT2D eigenvalue weighted by atomic mass is 9.76. The summed E-state index contributed by atoms with van der Waals surface area (Å²) >= 11 is 0. The first kappa shape index (κ1) is 16.3. The van der Waals surface area contributed by atoms with Gasteiger partial charge in [-0.25, -0.2) is 0 Å². The van der Waals surface area contributed by atoms with Gasteiger partial charge in [-0.3, -0.25) is 0 Å². The van der Waals surface area contributed by atoms with E-state index in [4.69, 9.17) is 15.2 Å². The fraction of sp³-hybridized carbons (Fsp3) is 0.667. The van der Waals surface area contributed by atoms with Gasteiger partial charge in [0.05, 0.1) is 12.7 Å². The molecule has 1 aliphatic rings. The number of hydrogen-bond donors (Lipinski definition) is 1. The predicted molar refractivity (Wildman–Crippen MR) is 86.7 cm³/mol. The van der Waals surface area contributed by atoms with Crippen LogP contribution in [0, 0.1) is 5.41 Å². The molecule has 0 spiro atoms. The van der Waals surface area contributed by atoms with Crippen LogP contribution in [0.25, 0.3) is 0 Å². The molecule has 0 saturated heterocycles. The molecule has 1 aliphatic carbocycles. The summed E-state index contributed by atoms with van der Waals surface area (Å²) in [4.78, 5) is 0. The van der Waals surface area contributed by atoms with E-state index in [-0.39, 0.29) is 0 Å². The smallest absolute Gasteiger partial charge is 0.119 e. The minimum absolute atomic E-state index is 0.425. The van der Waals surface area contributed by atoms with Gasteiger partial charge in [0, 0.05) is 0 Å². The highest BCUT2D eigenvalue weighted by Crippen LogP contribution is 2.36. The SMILES string of the molecule is CC1(C)CCC(OCCOc2ccc(CCN)cc2)CC1. The van der Waals surface area contributed by atoms with E-state index >= 15 is 0 Å². The van der Waals surface area contributed by atoms with Gasteiger partial charge in [-0.15, -0.1) is 0 Å². The molecule has 21 heavy (non-hydrogen) atoms. The molecule has 2 N–H and O–H groups in total. The molecule has 0 aliphatic heterocycles. The maximum atomic E-state index is 5.92. The van der Waals surface area contributed by atoms with Crippen molar-refractivity contribution in [1.82, 2.24) is 0 Å². The molecule has 118 valence electrons. The largest absolute Gasteiger partial charge is 0.491 e. The van der Waals surface area contributed by atoms with Gasteiger partial charge >= 0.3 is 0 Å². The molecule has 0 atom stereocenters. The highest BCUT2D eigenvalue weighted by atomic mass is 16.5. The summed E-state index contributed by atoms with van der Waals surface area (Å²) in [5.74, 6) is 0.907. The summed E-state index contributed by atoms with van der Waals surface area (Å²) in [6, 6.07) is 8.17. The van der Waals surface area contributed by atoms with Crippen LogP contribution in [0.4, 0.5) is 0 Å². The first-order valence-corrected chi connectivity index (χ1v) is 8.12. The van der Waals surface area contributed by atoms with Crippen molar-refractivity contribution in [2.75, 3.05) is 19.8 Å². The van der Waals surface area contributed by atoms with Gasteiger partial charge in [0.1, 0.15) is 12.4 Å². The van der Waals surface area contributed by atoms with Gasteiger partial charge in [-0.2, -0.15) is 0 Å². The highest BCUT2D eigenvalue weighted by Gasteiger charge is 2.26. The average Bonchev–Trinajstić information content (AvgIpc) is 2.47. The third-order valence-electron chi connectivity index (χ3n) is 4.35. The first-order chi connectivity index (χ1) is 10.1. The van der Waals surface area contributed by atoms with E-state index in [0.717, 1.165) is 12.2 Å². The quantitative estimate of drug-likeness (QED) is 0.781. The Balaban J connectivity index is 1.61. The third-order valence-corrected chi connectivity index (χ3v) is 4.35. The molecule has 1 fully saturated rings. The Morgan fingerprint density at radius 2 is 1.76 bits per heavy atom. The van der Waals surface area contributed by atoms with Crippen molar-refractivity contribution < 1.29 is 9.47 Å². The molecule has 0 bridgehead atoms. The van der Waals surface area contributed by atoms with Crippen molar-refractivity contribution in [2.45, 2.75) is 52.1 Å². The summed E-state index contributed by atoms with van der Waals surface area (Å²) in [5.41, 5.74) is 7.29. The van der Waals surface area contributed by atoms with Crippen LogP contribution in [0.5, 0.6) is 5.75 Å². The molecule has 3 heteroatoms. The molecule has 0 unspecified atom stereocenters. The maximum Gasteiger partial charge on any atom is 0.119 e. The van der Waals surface area contributed by atoms with Crippen molar-refractivity contribution in [3.63, 3.8) is 0 Å². The van der Waals surface area contributed by atoms with E-state index in [1.54, 1.807) is 0 Å². The van der Waals surface area contributed by atoms with Crippen molar-refractivity contribution in [3.05, 3.63) is 29.8 Å². The molecule has 2 rings (SSSR count). The molecule has 3 nitrogen and oxygen atoms in total. The van der Waals surface area contributed by atoms with Crippen LogP contribution in [-0.2, 0) is 11.2 Å². The summed E-state index contributed by atoms with van der Waals surface area (Å²) in [6.45, 7) is 6.68. The Labute approximate surface area is 128 Å². The lowest BCUT2D eigenvalue weighted by Gasteiger charge is -2.34. The number of ether oxygens (including phenoxy) is 2. The number of hydrogen-bond acceptors (Lipinski definition) is 3. The van der Waals surface area contributed by atoms with Crippen LogP contribution >= 0.6 is 0 Å². The Bertz CT molecular complexity index is 404. The Kier molecular flexibility index (Phi) is 6.07. The van der Waals surface area contributed by atoms with Crippen LogP contribution in [0.2, 0.25) is 0 Å². The second kappa shape index (κ2) is 7.81. The Hall–Kier alpha value is -1.06. The van der Waals surface area contributed by atoms with Gasteiger partial charge in [0.15, 0.2) is 0 Å². The van der Waals surface area contributed by atoms with Gasteiger partial charge in [-0.1, -0.05) is 26.0 Å². The van der Waals surface area contributed by atoms with Gasteiger partial charge in [0.25, 0.3) is 0 Å². The fourth-order valence-electron chi connectivity index (χ4n) is 2.83. The van der Waals surface area contributed by atoms with Gasteiger partial charge in [0.2, 0.25) is 0 Å². The molecular formula is C18H29NO2. The van der Waals surface area contributed by atoms with Crippen molar-refractivity contribution in [1.29, 1.82) is 0 Å². The number of benzene rings is 1. The van der Waals surface area contributed by atoms with E-state index < -0.39 is 0 Å². The second-order valence-electron chi connectivity index (χ2n) is 6.77. The summed E-state index contributed by atoms with van der Waals surface area (Å²) in [6.07, 6.45) is 6.24. The van der Waals surface area contributed by atoms with E-state index in [0.29, 0.717) is 31.3 Å². The first-order valence-electron chi connectivity index (χ1n) is 8.12. The zero-order chi connectivity index (χ0) is 15.1. The zero-order valence-corrected chi connectivity index (χ0v) is 13.4. The fourth-order valence-corrected chi connectivity index (χ4v) is 2.83. The van der Waals surface area contributed by atoms with E-state index in [1.165, 1.54) is 31.2 Å². The third kappa shape index (κ3) is 5.68. The molecule has 1 aromatic carbocycles. The van der Waals surface area contributed by atoms with Crippen LogP contribution < -0.4 is 10.5 Å². The highest BCUT2D eigenvalue weighted by molar-refractivity contribution is 5.27. The van der Waals surface area contributed by atoms with Crippen molar-refractivity contribution >= 4 is 0 Å². The number of rotatable bonds is 7. The Morgan fingerprint density at radius 1 is 1.10 bits per heavy atom. The average molecular weight is 291 g/mol. The minimum Gasteiger partial charge on any atom is -0.491 e. The topological polar surface area (TPSA) is 44.5 Å². The lowest BCUT2D eigenvalue weighted by molar-refractivity contribution is -0.00732. The van der Waals surface area contributed by atoms with Crippen LogP contribution in [0.1, 0.15) is 45.1 Å².